The summed E-state index contributed by atoms with van der Waals surface area (Å²) >= 11 is 1.64. The number of rotatable bonds is 7. The fourth-order valence-electron chi connectivity index (χ4n) is 5.44. The van der Waals surface area contributed by atoms with E-state index in [0.717, 1.165) is 80.9 Å². The molecule has 3 heterocycles. The summed E-state index contributed by atoms with van der Waals surface area (Å²) in [7, 11) is 0. The van der Waals surface area contributed by atoms with Crippen LogP contribution in [0.3, 0.4) is 0 Å². The van der Waals surface area contributed by atoms with Crippen LogP contribution >= 0.6 is 11.3 Å². The van der Waals surface area contributed by atoms with Crippen LogP contribution in [-0.2, 0) is 20.9 Å². The van der Waals surface area contributed by atoms with Crippen molar-refractivity contribution in [1.82, 2.24) is 19.5 Å². The van der Waals surface area contributed by atoms with Crippen LogP contribution in [0.4, 0.5) is 0 Å². The minimum atomic E-state index is -0.663. The quantitative estimate of drug-likeness (QED) is 0.169. The first-order valence-electron chi connectivity index (χ1n) is 14.0. The minimum absolute atomic E-state index is 0.0703. The number of pyridine rings is 1. The lowest BCUT2D eigenvalue weighted by Crippen LogP contribution is -2.27. The van der Waals surface area contributed by atoms with Crippen LogP contribution < -0.4 is 4.74 Å². The highest BCUT2D eigenvalue weighted by molar-refractivity contribution is 7.15. The molecule has 214 valence electrons. The Morgan fingerprint density at radius 2 is 1.83 bits per heavy atom. The first-order valence-corrected chi connectivity index (χ1v) is 14.9. The average molecular weight is 573 g/mol. The van der Waals surface area contributed by atoms with Gasteiger partial charge >= 0.3 is 17.9 Å². The third kappa shape index (κ3) is 6.40. The number of ether oxygens (including phenoxy) is 2. The Balaban J connectivity index is 1.64. The smallest absolute Gasteiger partial charge is 0.337 e. The lowest BCUT2D eigenvalue weighted by Gasteiger charge is -2.22. The van der Waals surface area contributed by atoms with Crippen molar-refractivity contribution in [2.75, 3.05) is 0 Å². The van der Waals surface area contributed by atoms with Crippen LogP contribution in [0.15, 0.2) is 43.0 Å². The van der Waals surface area contributed by atoms with Gasteiger partial charge in [-0.05, 0) is 65.7 Å². The minimum Gasteiger partial charge on any atom is -0.459 e. The fraction of sp³-hybridized carbons (Fsp3) is 0.406. The molecule has 0 unspecified atom stereocenters. The molecule has 9 heteroatoms. The highest BCUT2D eigenvalue weighted by Crippen LogP contribution is 2.41. The number of nitrogens with zero attached hydrogens (tertiary/aromatic N) is 4. The van der Waals surface area contributed by atoms with E-state index >= 15 is 0 Å². The van der Waals surface area contributed by atoms with Gasteiger partial charge in [0, 0.05) is 22.9 Å². The SMILES string of the molecule is C=CC(=O)Oc1nc(C2CCCCC2)c(-c2ccc3nc(-c4sc(C)nc4C)ccc3c2)n1CC(=O)OC(C)(C)C. The Morgan fingerprint density at radius 1 is 1.07 bits per heavy atom. The molecule has 41 heavy (non-hydrogen) atoms. The van der Waals surface area contributed by atoms with Crippen LogP contribution in [0.2, 0.25) is 0 Å². The van der Waals surface area contributed by atoms with E-state index in [1.807, 2.05) is 52.8 Å². The van der Waals surface area contributed by atoms with Crippen molar-refractivity contribution < 1.29 is 19.1 Å². The van der Waals surface area contributed by atoms with Crippen molar-refractivity contribution in [1.29, 1.82) is 0 Å². The van der Waals surface area contributed by atoms with Crippen molar-refractivity contribution >= 4 is 34.2 Å². The lowest BCUT2D eigenvalue weighted by atomic mass is 9.85. The second kappa shape index (κ2) is 11.6. The summed E-state index contributed by atoms with van der Waals surface area (Å²) in [5.74, 6) is -0.885. The first kappa shape index (κ1) is 28.7. The molecule has 5 rings (SSSR count). The van der Waals surface area contributed by atoms with E-state index in [4.69, 9.17) is 19.4 Å². The Hall–Kier alpha value is -3.85. The molecule has 1 aromatic carbocycles. The molecule has 3 aromatic heterocycles. The van der Waals surface area contributed by atoms with E-state index in [1.165, 1.54) is 6.42 Å². The number of fused-ring (bicyclic) bond motifs is 1. The van der Waals surface area contributed by atoms with Crippen LogP contribution in [-0.4, -0.2) is 37.1 Å². The third-order valence-electron chi connectivity index (χ3n) is 7.12. The molecule has 8 nitrogen and oxygen atoms in total. The number of thiazole rings is 1. The molecule has 0 radical (unpaired) electrons. The molecular formula is C32H36N4O4S. The van der Waals surface area contributed by atoms with Gasteiger partial charge in [0.1, 0.15) is 12.1 Å². The monoisotopic (exact) mass is 572 g/mol. The summed E-state index contributed by atoms with van der Waals surface area (Å²) in [6.45, 7) is 12.9. The molecule has 0 N–H and O–H groups in total. The van der Waals surface area contributed by atoms with Crippen molar-refractivity contribution in [3.63, 3.8) is 0 Å². The topological polar surface area (TPSA) is 96.2 Å². The summed E-state index contributed by atoms with van der Waals surface area (Å²) in [4.78, 5) is 40.8. The van der Waals surface area contributed by atoms with Gasteiger partial charge in [-0.15, -0.1) is 11.3 Å². The molecule has 1 aliphatic rings. The maximum Gasteiger partial charge on any atom is 0.337 e. The van der Waals surface area contributed by atoms with Gasteiger partial charge < -0.3 is 9.47 Å². The molecule has 0 amide bonds. The van der Waals surface area contributed by atoms with Gasteiger partial charge in [0.2, 0.25) is 0 Å². The molecule has 0 atom stereocenters. The Morgan fingerprint density at radius 3 is 2.49 bits per heavy atom. The van der Waals surface area contributed by atoms with Gasteiger partial charge in [0.05, 0.1) is 38.2 Å². The van der Waals surface area contributed by atoms with E-state index in [0.29, 0.717) is 0 Å². The summed E-state index contributed by atoms with van der Waals surface area (Å²) in [5, 5.41) is 1.96. The maximum absolute atomic E-state index is 13.1. The van der Waals surface area contributed by atoms with Gasteiger partial charge in [-0.2, -0.15) is 4.98 Å². The zero-order chi connectivity index (χ0) is 29.3. The van der Waals surface area contributed by atoms with E-state index in [1.54, 1.807) is 15.9 Å². The predicted octanol–water partition coefficient (Wildman–Crippen LogP) is 7.32. The lowest BCUT2D eigenvalue weighted by molar-refractivity contribution is -0.155. The van der Waals surface area contributed by atoms with Crippen molar-refractivity contribution in [3.05, 3.63) is 59.4 Å². The fourth-order valence-corrected chi connectivity index (χ4v) is 6.33. The average Bonchev–Trinajstić information content (AvgIpc) is 3.45. The van der Waals surface area contributed by atoms with Crippen molar-refractivity contribution in [2.24, 2.45) is 0 Å². The summed E-state index contributed by atoms with van der Waals surface area (Å²) in [6.07, 6.45) is 6.45. The van der Waals surface area contributed by atoms with Gasteiger partial charge in [0.25, 0.3) is 0 Å². The molecule has 1 saturated carbocycles. The van der Waals surface area contributed by atoms with Crippen LogP contribution in [0.25, 0.3) is 32.7 Å². The van der Waals surface area contributed by atoms with Gasteiger partial charge in [-0.3, -0.25) is 9.36 Å². The molecule has 1 fully saturated rings. The maximum atomic E-state index is 13.1. The predicted molar refractivity (Wildman–Crippen MR) is 161 cm³/mol. The second-order valence-electron chi connectivity index (χ2n) is 11.5. The number of aryl methyl sites for hydroxylation is 2. The summed E-state index contributed by atoms with van der Waals surface area (Å²) < 4.78 is 12.9. The molecule has 0 bridgehead atoms. The van der Waals surface area contributed by atoms with Crippen molar-refractivity contribution in [2.45, 2.75) is 84.8 Å². The molecule has 0 saturated heterocycles. The zero-order valence-electron chi connectivity index (χ0n) is 24.3. The highest BCUT2D eigenvalue weighted by atomic mass is 32.1. The Bertz CT molecular complexity index is 1620. The van der Waals surface area contributed by atoms with E-state index in [2.05, 4.69) is 23.7 Å². The summed E-state index contributed by atoms with van der Waals surface area (Å²) in [5.41, 5.74) is 4.52. The molecule has 4 aromatic rings. The number of imidazole rings is 1. The highest BCUT2D eigenvalue weighted by Gasteiger charge is 2.30. The number of aromatic nitrogens is 4. The number of hydrogen-bond donors (Lipinski definition) is 0. The summed E-state index contributed by atoms with van der Waals surface area (Å²) in [6, 6.07) is 10.2. The number of carbonyl (C=O) groups excluding carboxylic acids is 2. The Kier molecular flexibility index (Phi) is 8.09. The van der Waals surface area contributed by atoms with E-state index < -0.39 is 17.5 Å². The van der Waals surface area contributed by atoms with Gasteiger partial charge in [0.15, 0.2) is 0 Å². The second-order valence-corrected chi connectivity index (χ2v) is 12.7. The van der Waals surface area contributed by atoms with Crippen LogP contribution in [0, 0.1) is 13.8 Å². The van der Waals surface area contributed by atoms with E-state index in [-0.39, 0.29) is 18.5 Å². The largest absolute Gasteiger partial charge is 0.459 e. The zero-order valence-corrected chi connectivity index (χ0v) is 25.1. The Labute approximate surface area is 244 Å². The number of carbonyl (C=O) groups is 2. The molecular weight excluding hydrogens is 536 g/mol. The number of esters is 2. The van der Waals surface area contributed by atoms with Gasteiger partial charge in [-0.1, -0.05) is 38.0 Å². The van der Waals surface area contributed by atoms with E-state index in [9.17, 15) is 9.59 Å². The first-order chi connectivity index (χ1) is 19.5. The van der Waals surface area contributed by atoms with Crippen LogP contribution in [0.5, 0.6) is 6.01 Å². The van der Waals surface area contributed by atoms with Gasteiger partial charge in [-0.25, -0.2) is 14.8 Å². The molecule has 1 aliphatic carbocycles. The third-order valence-corrected chi connectivity index (χ3v) is 8.21. The standard InChI is InChI=1S/C32H36N4O4S/c1-7-26(37)39-31-35-28(21-11-9-8-10-12-21)29(36(31)18-27(38)40-32(4,5)6)23-14-15-24-22(17-23)13-16-25(34-24)30-19(2)33-20(3)41-30/h7,13-17,21H,1,8-12,18H2,2-6H3. The molecule has 0 aliphatic heterocycles. The van der Waals surface area contributed by atoms with Crippen LogP contribution in [0.1, 0.15) is 75.2 Å². The van der Waals surface area contributed by atoms with Crippen molar-refractivity contribution in [3.8, 4) is 27.8 Å². The molecule has 0 spiro atoms. The normalized spacial score (nSPS) is 14.3. The number of hydrogen-bond acceptors (Lipinski definition) is 8. The number of benzene rings is 1.